The standard InChI is InChI=1S/C8H11/c1-2-4-7-6-8(7)5-3-1/h2,4,8H,1,3,5-6H2. The lowest BCUT2D eigenvalue weighted by Crippen LogP contribution is -1.73. The van der Waals surface area contributed by atoms with Crippen LogP contribution in [0.4, 0.5) is 0 Å². The van der Waals surface area contributed by atoms with E-state index in [1.807, 2.05) is 0 Å². The fourth-order valence-electron chi connectivity index (χ4n) is 1.43. The van der Waals surface area contributed by atoms with Crippen LogP contribution in [0.25, 0.3) is 0 Å². The van der Waals surface area contributed by atoms with Crippen molar-refractivity contribution in [2.45, 2.75) is 25.7 Å². The van der Waals surface area contributed by atoms with E-state index in [2.05, 4.69) is 12.2 Å². The monoisotopic (exact) mass is 107 g/mol. The molecule has 2 aliphatic rings. The first-order chi connectivity index (χ1) is 3.97. The first-order valence-corrected chi connectivity index (χ1v) is 3.49. The van der Waals surface area contributed by atoms with Crippen LogP contribution in [0, 0.1) is 11.8 Å². The van der Waals surface area contributed by atoms with Crippen molar-refractivity contribution in [3.05, 3.63) is 18.1 Å². The number of hydrogen-bond donors (Lipinski definition) is 0. The van der Waals surface area contributed by atoms with E-state index < -0.39 is 0 Å². The predicted molar refractivity (Wildman–Crippen MR) is 34.3 cm³/mol. The molecule has 0 bridgehead atoms. The molecule has 1 atom stereocenters. The highest BCUT2D eigenvalue weighted by atomic mass is 14.4. The Labute approximate surface area is 50.6 Å². The van der Waals surface area contributed by atoms with Crippen LogP contribution >= 0.6 is 0 Å². The Morgan fingerprint density at radius 3 is 3.50 bits per heavy atom. The molecule has 0 heterocycles. The van der Waals surface area contributed by atoms with Gasteiger partial charge in [0, 0.05) is 5.92 Å². The van der Waals surface area contributed by atoms with Gasteiger partial charge in [-0.15, -0.1) is 0 Å². The molecule has 0 aromatic carbocycles. The molecule has 8 heavy (non-hydrogen) atoms. The molecule has 0 spiro atoms. The van der Waals surface area contributed by atoms with E-state index in [1.54, 1.807) is 5.92 Å². The van der Waals surface area contributed by atoms with Crippen LogP contribution in [0.1, 0.15) is 25.7 Å². The zero-order valence-electron chi connectivity index (χ0n) is 5.06. The van der Waals surface area contributed by atoms with Gasteiger partial charge in [-0.25, -0.2) is 0 Å². The molecule has 1 unspecified atom stereocenters. The summed E-state index contributed by atoms with van der Waals surface area (Å²) in [6, 6.07) is 0. The van der Waals surface area contributed by atoms with Gasteiger partial charge < -0.3 is 0 Å². The van der Waals surface area contributed by atoms with Crippen molar-refractivity contribution in [2.75, 3.05) is 0 Å². The second kappa shape index (κ2) is 1.61. The van der Waals surface area contributed by atoms with E-state index in [0.717, 1.165) is 5.92 Å². The summed E-state index contributed by atoms with van der Waals surface area (Å²) in [5.74, 6) is 2.73. The molecule has 2 aliphatic carbocycles. The van der Waals surface area contributed by atoms with Crippen LogP contribution in [0.15, 0.2) is 12.2 Å². The first kappa shape index (κ1) is 4.60. The average Bonchev–Trinajstić information content (AvgIpc) is 2.36. The summed E-state index contributed by atoms with van der Waals surface area (Å²) in [5, 5.41) is 0. The van der Waals surface area contributed by atoms with E-state index in [4.69, 9.17) is 0 Å². The second-order valence-electron chi connectivity index (χ2n) is 2.81. The zero-order chi connectivity index (χ0) is 5.40. The van der Waals surface area contributed by atoms with Crippen LogP contribution < -0.4 is 0 Å². The Hall–Kier alpha value is -0.260. The van der Waals surface area contributed by atoms with E-state index in [9.17, 15) is 0 Å². The van der Waals surface area contributed by atoms with Crippen molar-refractivity contribution in [1.29, 1.82) is 0 Å². The molecular weight excluding hydrogens is 96.1 g/mol. The van der Waals surface area contributed by atoms with Gasteiger partial charge in [-0.1, -0.05) is 12.2 Å². The smallest absolute Gasteiger partial charge is 0.000692 e. The van der Waals surface area contributed by atoms with Crippen LogP contribution in [-0.4, -0.2) is 0 Å². The van der Waals surface area contributed by atoms with Gasteiger partial charge in [0.25, 0.3) is 0 Å². The number of hydrogen-bond acceptors (Lipinski definition) is 0. The van der Waals surface area contributed by atoms with Crippen molar-refractivity contribution in [3.8, 4) is 0 Å². The van der Waals surface area contributed by atoms with Gasteiger partial charge in [0.05, 0.1) is 0 Å². The minimum absolute atomic E-state index is 1.02. The van der Waals surface area contributed by atoms with Gasteiger partial charge in [0.2, 0.25) is 0 Å². The topological polar surface area (TPSA) is 0 Å². The maximum Gasteiger partial charge on any atom is 0.000692 e. The van der Waals surface area contributed by atoms with Crippen molar-refractivity contribution < 1.29 is 0 Å². The van der Waals surface area contributed by atoms with Crippen molar-refractivity contribution >= 4 is 0 Å². The highest BCUT2D eigenvalue weighted by Crippen LogP contribution is 2.46. The fourth-order valence-corrected chi connectivity index (χ4v) is 1.43. The molecule has 0 aromatic rings. The van der Waals surface area contributed by atoms with Gasteiger partial charge in [0.1, 0.15) is 0 Å². The molecule has 0 N–H and O–H groups in total. The highest BCUT2D eigenvalue weighted by Gasteiger charge is 2.35. The van der Waals surface area contributed by atoms with Gasteiger partial charge in [0.15, 0.2) is 0 Å². The van der Waals surface area contributed by atoms with Crippen LogP contribution in [0.5, 0.6) is 0 Å². The molecule has 0 saturated heterocycles. The van der Waals surface area contributed by atoms with Gasteiger partial charge in [-0.3, -0.25) is 0 Å². The fraction of sp³-hybridized carbons (Fsp3) is 0.625. The Kier molecular flexibility index (Phi) is 0.927. The normalized spacial score (nSPS) is 36.2. The summed E-state index contributed by atoms with van der Waals surface area (Å²) < 4.78 is 0. The molecule has 0 aromatic heterocycles. The van der Waals surface area contributed by atoms with Gasteiger partial charge >= 0.3 is 0 Å². The number of rotatable bonds is 0. The van der Waals surface area contributed by atoms with Gasteiger partial charge in [-0.05, 0) is 31.6 Å². The molecule has 1 saturated carbocycles. The largest absolute Gasteiger partial charge is 0.0879 e. The number of fused-ring (bicyclic) bond motifs is 1. The first-order valence-electron chi connectivity index (χ1n) is 3.49. The van der Waals surface area contributed by atoms with Crippen molar-refractivity contribution in [2.24, 2.45) is 5.92 Å². The maximum absolute atomic E-state index is 2.33. The lowest BCUT2D eigenvalue weighted by atomic mass is 10.2. The van der Waals surface area contributed by atoms with Crippen LogP contribution in [0.2, 0.25) is 0 Å². The van der Waals surface area contributed by atoms with Crippen LogP contribution in [0.3, 0.4) is 0 Å². The summed E-state index contributed by atoms with van der Waals surface area (Å²) in [4.78, 5) is 0. The molecule has 0 heteroatoms. The zero-order valence-corrected chi connectivity index (χ0v) is 5.06. The van der Waals surface area contributed by atoms with E-state index >= 15 is 0 Å². The Morgan fingerprint density at radius 2 is 2.50 bits per heavy atom. The Bertz CT molecular complexity index is 113. The summed E-state index contributed by atoms with van der Waals surface area (Å²) in [6.45, 7) is 0. The second-order valence-corrected chi connectivity index (χ2v) is 2.81. The van der Waals surface area contributed by atoms with Crippen molar-refractivity contribution in [3.63, 3.8) is 0 Å². The molecule has 1 radical (unpaired) electrons. The molecule has 43 valence electrons. The third kappa shape index (κ3) is 0.683. The lowest BCUT2D eigenvalue weighted by molar-refractivity contribution is 0.693. The Morgan fingerprint density at radius 1 is 1.50 bits per heavy atom. The average molecular weight is 107 g/mol. The molecule has 0 nitrogen and oxygen atoms in total. The van der Waals surface area contributed by atoms with Crippen molar-refractivity contribution in [1.82, 2.24) is 0 Å². The minimum atomic E-state index is 1.02. The summed E-state index contributed by atoms with van der Waals surface area (Å²) >= 11 is 0. The third-order valence-corrected chi connectivity index (χ3v) is 2.10. The highest BCUT2D eigenvalue weighted by molar-refractivity contribution is 5.27. The molecule has 0 aliphatic heterocycles. The number of allylic oxidation sites excluding steroid dienone is 2. The summed E-state index contributed by atoms with van der Waals surface area (Å²) in [7, 11) is 0. The molecular formula is C8H11. The quantitative estimate of drug-likeness (QED) is 0.445. The molecule has 0 amide bonds. The summed E-state index contributed by atoms with van der Waals surface area (Å²) in [6.07, 6.45) is 10.3. The van der Waals surface area contributed by atoms with Crippen LogP contribution in [-0.2, 0) is 0 Å². The summed E-state index contributed by atoms with van der Waals surface area (Å²) in [5.41, 5.74) is 0. The van der Waals surface area contributed by atoms with E-state index in [-0.39, 0.29) is 0 Å². The van der Waals surface area contributed by atoms with E-state index in [0.29, 0.717) is 0 Å². The van der Waals surface area contributed by atoms with Gasteiger partial charge in [-0.2, -0.15) is 0 Å². The maximum atomic E-state index is 2.33. The van der Waals surface area contributed by atoms with E-state index in [1.165, 1.54) is 25.7 Å². The molecule has 2 rings (SSSR count). The SMILES string of the molecule is C1=C[C]2CC2CCC1. The Balaban J connectivity index is 2.03. The third-order valence-electron chi connectivity index (χ3n) is 2.10. The minimum Gasteiger partial charge on any atom is -0.0879 e. The lowest BCUT2D eigenvalue weighted by Gasteiger charge is -1.88. The molecule has 1 fully saturated rings. The predicted octanol–water partition coefficient (Wildman–Crippen LogP) is 2.32.